The zero-order valence-electron chi connectivity index (χ0n) is 13.5. The van der Waals surface area contributed by atoms with Gasteiger partial charge >= 0.3 is 6.18 Å². The van der Waals surface area contributed by atoms with Crippen LogP contribution in [0, 0.1) is 0 Å². The highest BCUT2D eigenvalue weighted by Gasteiger charge is 2.31. The van der Waals surface area contributed by atoms with Crippen LogP contribution in [0.1, 0.15) is 41.7 Å². The Bertz CT molecular complexity index is 782. The molecule has 1 aromatic carbocycles. The first-order valence-electron chi connectivity index (χ1n) is 8.07. The summed E-state index contributed by atoms with van der Waals surface area (Å²) in [6.07, 6.45) is -2.28. The molecule has 5 nitrogen and oxygen atoms in total. The first kappa shape index (κ1) is 18.7. The van der Waals surface area contributed by atoms with Crippen molar-refractivity contribution >= 4 is 17.5 Å². The van der Waals surface area contributed by atoms with Gasteiger partial charge < -0.3 is 14.9 Å². The standard InChI is InChI=1S/C17H16ClF3N2O3/c18-13-14(16(25)22-11-5-7-12(24)8-6-11)23-26-15(13)9-1-3-10(4-2-9)17(19,20)21/h1-4,11-12,24H,5-8H2,(H,22,25)/t11-,12+. The van der Waals surface area contributed by atoms with Gasteiger partial charge in [0, 0.05) is 11.6 Å². The van der Waals surface area contributed by atoms with Crippen LogP contribution in [0.4, 0.5) is 13.2 Å². The Morgan fingerprint density at radius 3 is 2.38 bits per heavy atom. The summed E-state index contributed by atoms with van der Waals surface area (Å²) in [5, 5.41) is 15.9. The summed E-state index contributed by atoms with van der Waals surface area (Å²) in [6, 6.07) is 4.13. The van der Waals surface area contributed by atoms with E-state index < -0.39 is 17.6 Å². The molecule has 0 atom stereocenters. The molecule has 1 aromatic heterocycles. The smallest absolute Gasteiger partial charge is 0.393 e. The predicted molar refractivity (Wildman–Crippen MR) is 87.7 cm³/mol. The highest BCUT2D eigenvalue weighted by molar-refractivity contribution is 6.35. The van der Waals surface area contributed by atoms with Crippen molar-refractivity contribution in [1.82, 2.24) is 10.5 Å². The maximum Gasteiger partial charge on any atom is 0.416 e. The molecule has 26 heavy (non-hydrogen) atoms. The van der Waals surface area contributed by atoms with E-state index >= 15 is 0 Å². The second-order valence-electron chi connectivity index (χ2n) is 6.23. The Hall–Kier alpha value is -2.06. The zero-order valence-corrected chi connectivity index (χ0v) is 14.3. The number of rotatable bonds is 3. The van der Waals surface area contributed by atoms with Crippen molar-refractivity contribution in [3.8, 4) is 11.3 Å². The maximum absolute atomic E-state index is 12.6. The van der Waals surface area contributed by atoms with Crippen molar-refractivity contribution in [3.05, 3.63) is 40.5 Å². The molecule has 1 fully saturated rings. The Labute approximate surface area is 152 Å². The van der Waals surface area contributed by atoms with Crippen LogP contribution in [0.25, 0.3) is 11.3 Å². The number of nitrogens with one attached hydrogen (secondary N) is 1. The Balaban J connectivity index is 1.74. The quantitative estimate of drug-likeness (QED) is 0.831. The van der Waals surface area contributed by atoms with E-state index in [0.717, 1.165) is 12.1 Å². The number of aromatic nitrogens is 1. The molecule has 0 spiro atoms. The van der Waals surface area contributed by atoms with Crippen molar-refractivity contribution in [2.24, 2.45) is 0 Å². The third-order valence-electron chi connectivity index (χ3n) is 4.36. The van der Waals surface area contributed by atoms with Crippen molar-refractivity contribution in [2.75, 3.05) is 0 Å². The van der Waals surface area contributed by atoms with Crippen molar-refractivity contribution < 1.29 is 27.6 Å². The number of hydrogen-bond donors (Lipinski definition) is 2. The second-order valence-corrected chi connectivity index (χ2v) is 6.61. The van der Waals surface area contributed by atoms with Crippen LogP contribution >= 0.6 is 11.6 Å². The number of carbonyl (C=O) groups is 1. The number of aliphatic hydroxyl groups excluding tert-OH is 1. The zero-order chi connectivity index (χ0) is 18.9. The van der Waals surface area contributed by atoms with E-state index in [0.29, 0.717) is 25.7 Å². The first-order valence-corrected chi connectivity index (χ1v) is 8.45. The van der Waals surface area contributed by atoms with Crippen molar-refractivity contribution in [3.63, 3.8) is 0 Å². The van der Waals surface area contributed by atoms with Crippen molar-refractivity contribution in [1.29, 1.82) is 0 Å². The average Bonchev–Trinajstić information content (AvgIpc) is 2.98. The number of aliphatic hydroxyl groups is 1. The van der Waals surface area contributed by atoms with Gasteiger partial charge in [-0.05, 0) is 37.8 Å². The molecule has 0 radical (unpaired) electrons. The SMILES string of the molecule is O=C(N[C@H]1CC[C@@H](O)CC1)c1noc(-c2ccc(C(F)(F)F)cc2)c1Cl. The Morgan fingerprint density at radius 2 is 1.81 bits per heavy atom. The molecule has 0 bridgehead atoms. The molecule has 1 saturated carbocycles. The lowest BCUT2D eigenvalue weighted by atomic mass is 9.93. The molecular weight excluding hydrogens is 373 g/mol. The minimum atomic E-state index is -4.44. The van der Waals surface area contributed by atoms with Gasteiger partial charge in [-0.2, -0.15) is 13.2 Å². The Morgan fingerprint density at radius 1 is 1.19 bits per heavy atom. The summed E-state index contributed by atoms with van der Waals surface area (Å²) in [5.74, 6) is -0.483. The van der Waals surface area contributed by atoms with Crippen LogP contribution in [-0.2, 0) is 6.18 Å². The number of benzene rings is 1. The fourth-order valence-electron chi connectivity index (χ4n) is 2.88. The van der Waals surface area contributed by atoms with Crippen LogP contribution in [0.2, 0.25) is 5.02 Å². The molecule has 1 amide bonds. The number of halogens is 4. The summed E-state index contributed by atoms with van der Waals surface area (Å²) in [5.41, 5.74) is -0.627. The van der Waals surface area contributed by atoms with E-state index in [9.17, 15) is 23.1 Å². The molecule has 0 aliphatic heterocycles. The van der Waals surface area contributed by atoms with Gasteiger partial charge in [-0.3, -0.25) is 4.79 Å². The molecule has 2 aromatic rings. The number of nitrogens with zero attached hydrogens (tertiary/aromatic N) is 1. The highest BCUT2D eigenvalue weighted by atomic mass is 35.5. The summed E-state index contributed by atoms with van der Waals surface area (Å²) >= 11 is 6.14. The molecule has 1 heterocycles. The maximum atomic E-state index is 12.6. The predicted octanol–water partition coefficient (Wildman–Crippen LogP) is 4.05. The molecule has 9 heteroatoms. The van der Waals surface area contributed by atoms with Crippen LogP contribution in [-0.4, -0.2) is 28.3 Å². The second kappa shape index (κ2) is 7.28. The number of amides is 1. The molecule has 1 aliphatic rings. The van der Waals surface area contributed by atoms with Crippen molar-refractivity contribution in [2.45, 2.75) is 44.0 Å². The summed E-state index contributed by atoms with van der Waals surface area (Å²) < 4.78 is 43.0. The topological polar surface area (TPSA) is 75.4 Å². The van der Waals surface area contributed by atoms with Gasteiger partial charge in [-0.25, -0.2) is 0 Å². The van der Waals surface area contributed by atoms with E-state index in [1.54, 1.807) is 0 Å². The van der Waals surface area contributed by atoms with E-state index in [4.69, 9.17) is 16.1 Å². The van der Waals surface area contributed by atoms with Gasteiger partial charge in [0.25, 0.3) is 5.91 Å². The number of carbonyl (C=O) groups excluding carboxylic acids is 1. The molecule has 3 rings (SSSR count). The van der Waals surface area contributed by atoms with Gasteiger partial charge in [0.05, 0.1) is 11.7 Å². The minimum Gasteiger partial charge on any atom is -0.393 e. The van der Waals surface area contributed by atoms with E-state index in [1.165, 1.54) is 12.1 Å². The van der Waals surface area contributed by atoms with Crippen LogP contribution in [0.5, 0.6) is 0 Å². The summed E-state index contributed by atoms with van der Waals surface area (Å²) in [6.45, 7) is 0. The Kier molecular flexibility index (Phi) is 5.24. The third-order valence-corrected chi connectivity index (χ3v) is 4.71. The number of alkyl halides is 3. The molecule has 0 saturated heterocycles. The van der Waals surface area contributed by atoms with E-state index in [1.807, 2.05) is 0 Å². The van der Waals surface area contributed by atoms with Crippen LogP contribution in [0.3, 0.4) is 0 Å². The van der Waals surface area contributed by atoms with Gasteiger partial charge in [0.15, 0.2) is 11.5 Å². The fraction of sp³-hybridized carbons (Fsp3) is 0.412. The number of hydrogen-bond acceptors (Lipinski definition) is 4. The lowest BCUT2D eigenvalue weighted by molar-refractivity contribution is -0.137. The summed E-state index contributed by atoms with van der Waals surface area (Å²) in [4.78, 5) is 12.3. The monoisotopic (exact) mass is 388 g/mol. The largest absolute Gasteiger partial charge is 0.416 e. The summed E-state index contributed by atoms with van der Waals surface area (Å²) in [7, 11) is 0. The molecule has 1 aliphatic carbocycles. The van der Waals surface area contributed by atoms with Crippen LogP contribution < -0.4 is 5.32 Å². The molecular formula is C17H16ClF3N2O3. The average molecular weight is 389 g/mol. The van der Waals surface area contributed by atoms with E-state index in [-0.39, 0.29) is 34.2 Å². The first-order chi connectivity index (χ1) is 12.3. The van der Waals surface area contributed by atoms with Crippen LogP contribution in [0.15, 0.2) is 28.8 Å². The normalized spacial score (nSPS) is 20.8. The van der Waals surface area contributed by atoms with Gasteiger partial charge in [0.2, 0.25) is 0 Å². The minimum absolute atomic E-state index is 0.0320. The lowest BCUT2D eigenvalue weighted by Crippen LogP contribution is -2.38. The lowest BCUT2D eigenvalue weighted by Gasteiger charge is -2.25. The third kappa shape index (κ3) is 4.02. The fourth-order valence-corrected chi connectivity index (χ4v) is 3.15. The van der Waals surface area contributed by atoms with Gasteiger partial charge in [0.1, 0.15) is 5.02 Å². The van der Waals surface area contributed by atoms with E-state index in [2.05, 4.69) is 10.5 Å². The molecule has 140 valence electrons. The highest BCUT2D eigenvalue weighted by Crippen LogP contribution is 2.34. The molecule has 0 unspecified atom stereocenters. The van der Waals surface area contributed by atoms with Gasteiger partial charge in [-0.15, -0.1) is 0 Å². The van der Waals surface area contributed by atoms with Gasteiger partial charge in [-0.1, -0.05) is 28.9 Å². The molecule has 2 N–H and O–H groups in total.